The fourth-order valence-corrected chi connectivity index (χ4v) is 3.46. The number of nitrogens with one attached hydrogen (secondary N) is 1. The highest BCUT2D eigenvalue weighted by atomic mass is 16.5. The Hall–Kier alpha value is -2.69. The fourth-order valence-electron chi connectivity index (χ4n) is 3.46. The minimum atomic E-state index is -0.0250. The van der Waals surface area contributed by atoms with E-state index < -0.39 is 0 Å². The van der Waals surface area contributed by atoms with Crippen LogP contribution in [0.5, 0.6) is 11.5 Å². The molecule has 1 heterocycles. The molecule has 3 rings (SSSR count). The van der Waals surface area contributed by atoms with Gasteiger partial charge in [-0.3, -0.25) is 4.79 Å². The summed E-state index contributed by atoms with van der Waals surface area (Å²) in [5, 5.41) is 2.90. The van der Waals surface area contributed by atoms with Crippen molar-refractivity contribution in [2.75, 3.05) is 24.6 Å². The highest BCUT2D eigenvalue weighted by Crippen LogP contribution is 2.27. The first-order valence-electron chi connectivity index (χ1n) is 10.1. The van der Waals surface area contributed by atoms with Crippen molar-refractivity contribution in [1.29, 1.82) is 0 Å². The van der Waals surface area contributed by atoms with Gasteiger partial charge in [-0.2, -0.15) is 0 Å². The van der Waals surface area contributed by atoms with Crippen LogP contribution >= 0.6 is 0 Å². The average Bonchev–Trinajstić information content (AvgIpc) is 3.15. The molecule has 1 amide bonds. The number of benzene rings is 2. The SMILES string of the molecule is CCCOc1cccc(N2CCC(Oc3ccc(C(C)NC(C)=O)cc3)C2)c1. The van der Waals surface area contributed by atoms with Crippen molar-refractivity contribution in [1.82, 2.24) is 5.32 Å². The Morgan fingerprint density at radius 3 is 2.71 bits per heavy atom. The zero-order chi connectivity index (χ0) is 19.9. The van der Waals surface area contributed by atoms with Crippen LogP contribution in [0, 0.1) is 0 Å². The molecule has 150 valence electrons. The molecule has 0 spiro atoms. The third-order valence-corrected chi connectivity index (χ3v) is 4.90. The van der Waals surface area contributed by atoms with Crippen LogP contribution in [0.3, 0.4) is 0 Å². The van der Waals surface area contributed by atoms with Crippen molar-refractivity contribution < 1.29 is 14.3 Å². The van der Waals surface area contributed by atoms with E-state index in [1.165, 1.54) is 12.6 Å². The molecule has 0 aromatic heterocycles. The lowest BCUT2D eigenvalue weighted by molar-refractivity contribution is -0.119. The minimum absolute atomic E-state index is 0.00396. The molecule has 5 nitrogen and oxygen atoms in total. The zero-order valence-corrected chi connectivity index (χ0v) is 17.0. The lowest BCUT2D eigenvalue weighted by Gasteiger charge is -2.20. The Morgan fingerprint density at radius 2 is 2.00 bits per heavy atom. The summed E-state index contributed by atoms with van der Waals surface area (Å²) < 4.78 is 11.9. The van der Waals surface area contributed by atoms with Crippen LogP contribution < -0.4 is 19.7 Å². The molecule has 0 saturated carbocycles. The molecular weight excluding hydrogens is 352 g/mol. The largest absolute Gasteiger partial charge is 0.494 e. The van der Waals surface area contributed by atoms with Gasteiger partial charge in [0, 0.05) is 31.6 Å². The van der Waals surface area contributed by atoms with Gasteiger partial charge in [0.05, 0.1) is 19.2 Å². The van der Waals surface area contributed by atoms with Gasteiger partial charge in [-0.25, -0.2) is 0 Å². The van der Waals surface area contributed by atoms with Crippen molar-refractivity contribution in [2.24, 2.45) is 0 Å². The molecule has 1 aliphatic rings. The molecule has 2 aromatic rings. The van der Waals surface area contributed by atoms with Crippen LogP contribution in [0.25, 0.3) is 0 Å². The quantitative estimate of drug-likeness (QED) is 0.738. The first-order valence-corrected chi connectivity index (χ1v) is 10.1. The normalized spacial score (nSPS) is 17.2. The van der Waals surface area contributed by atoms with Gasteiger partial charge < -0.3 is 19.7 Å². The number of ether oxygens (including phenoxy) is 2. The number of carbonyl (C=O) groups excluding carboxylic acids is 1. The van der Waals surface area contributed by atoms with Gasteiger partial charge in [0.1, 0.15) is 17.6 Å². The van der Waals surface area contributed by atoms with Crippen LogP contribution in [-0.2, 0) is 4.79 Å². The summed E-state index contributed by atoms with van der Waals surface area (Å²) in [6.07, 6.45) is 2.16. The van der Waals surface area contributed by atoms with E-state index in [1.807, 2.05) is 43.3 Å². The van der Waals surface area contributed by atoms with E-state index in [1.54, 1.807) is 0 Å². The van der Waals surface area contributed by atoms with Crippen molar-refractivity contribution in [3.05, 3.63) is 54.1 Å². The predicted molar refractivity (Wildman–Crippen MR) is 112 cm³/mol. The van der Waals surface area contributed by atoms with Gasteiger partial charge in [-0.1, -0.05) is 25.1 Å². The minimum Gasteiger partial charge on any atom is -0.494 e. The predicted octanol–water partition coefficient (Wildman–Crippen LogP) is 4.33. The summed E-state index contributed by atoms with van der Waals surface area (Å²) in [5.41, 5.74) is 2.25. The highest BCUT2D eigenvalue weighted by Gasteiger charge is 2.24. The lowest BCUT2D eigenvalue weighted by Crippen LogP contribution is -2.24. The van der Waals surface area contributed by atoms with E-state index in [0.717, 1.165) is 49.6 Å². The number of hydrogen-bond donors (Lipinski definition) is 1. The second-order valence-electron chi connectivity index (χ2n) is 7.31. The van der Waals surface area contributed by atoms with E-state index >= 15 is 0 Å². The first-order chi connectivity index (χ1) is 13.5. The van der Waals surface area contributed by atoms with Gasteiger partial charge in [0.2, 0.25) is 5.91 Å². The van der Waals surface area contributed by atoms with E-state index in [-0.39, 0.29) is 18.1 Å². The van der Waals surface area contributed by atoms with Crippen LogP contribution in [0.15, 0.2) is 48.5 Å². The van der Waals surface area contributed by atoms with Gasteiger partial charge in [0.15, 0.2) is 0 Å². The maximum absolute atomic E-state index is 11.2. The average molecular weight is 383 g/mol. The molecule has 2 aromatic carbocycles. The summed E-state index contributed by atoms with van der Waals surface area (Å²) in [6, 6.07) is 16.3. The monoisotopic (exact) mass is 382 g/mol. The number of amides is 1. The topological polar surface area (TPSA) is 50.8 Å². The van der Waals surface area contributed by atoms with Crippen molar-refractivity contribution in [3.8, 4) is 11.5 Å². The van der Waals surface area contributed by atoms with Crippen LogP contribution in [-0.4, -0.2) is 31.7 Å². The second-order valence-corrected chi connectivity index (χ2v) is 7.31. The van der Waals surface area contributed by atoms with E-state index in [0.29, 0.717) is 0 Å². The molecule has 1 N–H and O–H groups in total. The molecule has 2 unspecified atom stereocenters. The Balaban J connectivity index is 1.55. The summed E-state index contributed by atoms with van der Waals surface area (Å²) in [4.78, 5) is 13.5. The zero-order valence-electron chi connectivity index (χ0n) is 17.0. The highest BCUT2D eigenvalue weighted by molar-refractivity contribution is 5.73. The standard InChI is InChI=1S/C23H30N2O3/c1-4-14-27-22-7-5-6-20(15-22)25-13-12-23(16-25)28-21-10-8-19(9-11-21)17(2)24-18(3)26/h5-11,15,17,23H,4,12-14,16H2,1-3H3,(H,24,26). The molecule has 1 fully saturated rings. The number of nitrogens with zero attached hydrogens (tertiary/aromatic N) is 1. The molecule has 0 bridgehead atoms. The van der Waals surface area contributed by atoms with Crippen molar-refractivity contribution in [2.45, 2.75) is 45.8 Å². The maximum atomic E-state index is 11.2. The van der Waals surface area contributed by atoms with Gasteiger partial charge in [0.25, 0.3) is 0 Å². The number of anilines is 1. The summed E-state index contributed by atoms with van der Waals surface area (Å²) in [6.45, 7) is 8.20. The van der Waals surface area contributed by atoms with Crippen LogP contribution in [0.1, 0.15) is 45.2 Å². The summed E-state index contributed by atoms with van der Waals surface area (Å²) in [5.74, 6) is 1.77. The third-order valence-electron chi connectivity index (χ3n) is 4.90. The van der Waals surface area contributed by atoms with Gasteiger partial charge >= 0.3 is 0 Å². The fraction of sp³-hybridized carbons (Fsp3) is 0.435. The molecule has 2 atom stereocenters. The van der Waals surface area contributed by atoms with E-state index in [4.69, 9.17) is 9.47 Å². The molecular formula is C23H30N2O3. The molecule has 1 saturated heterocycles. The molecule has 5 heteroatoms. The summed E-state index contributed by atoms with van der Waals surface area (Å²) in [7, 11) is 0. The Kier molecular flexibility index (Phi) is 6.80. The summed E-state index contributed by atoms with van der Waals surface area (Å²) >= 11 is 0. The van der Waals surface area contributed by atoms with Gasteiger partial charge in [-0.15, -0.1) is 0 Å². The lowest BCUT2D eigenvalue weighted by atomic mass is 10.1. The Labute approximate surface area is 167 Å². The Bertz CT molecular complexity index is 776. The molecule has 0 aliphatic carbocycles. The second kappa shape index (κ2) is 9.49. The third kappa shape index (κ3) is 5.41. The number of carbonyl (C=O) groups is 1. The van der Waals surface area contributed by atoms with Gasteiger partial charge in [-0.05, 0) is 43.2 Å². The smallest absolute Gasteiger partial charge is 0.217 e. The van der Waals surface area contributed by atoms with Crippen molar-refractivity contribution in [3.63, 3.8) is 0 Å². The molecule has 0 radical (unpaired) electrons. The Morgan fingerprint density at radius 1 is 1.21 bits per heavy atom. The van der Waals surface area contributed by atoms with Crippen LogP contribution in [0.4, 0.5) is 5.69 Å². The number of hydrogen-bond acceptors (Lipinski definition) is 4. The molecule has 1 aliphatic heterocycles. The number of rotatable bonds is 8. The van der Waals surface area contributed by atoms with Crippen molar-refractivity contribution >= 4 is 11.6 Å². The van der Waals surface area contributed by atoms with E-state index in [2.05, 4.69) is 29.3 Å². The first kappa shape index (κ1) is 20.1. The van der Waals surface area contributed by atoms with Crippen LogP contribution in [0.2, 0.25) is 0 Å². The maximum Gasteiger partial charge on any atom is 0.217 e. The van der Waals surface area contributed by atoms with E-state index in [9.17, 15) is 4.79 Å². The molecule has 28 heavy (non-hydrogen) atoms.